The molecule has 0 radical (unpaired) electrons. The van der Waals surface area contributed by atoms with Gasteiger partial charge in [-0.25, -0.2) is 0 Å². The van der Waals surface area contributed by atoms with Crippen molar-refractivity contribution >= 4 is 24.0 Å². The molecule has 4 nitrogen and oxygen atoms in total. The molecular formula is C19H31ClN2O2. The van der Waals surface area contributed by atoms with Crippen molar-refractivity contribution in [1.29, 1.82) is 0 Å². The fourth-order valence-electron chi connectivity index (χ4n) is 3.42. The molecule has 1 amide bonds. The number of benzene rings is 1. The lowest BCUT2D eigenvalue weighted by Crippen LogP contribution is -2.47. The van der Waals surface area contributed by atoms with Crippen LogP contribution in [-0.2, 0) is 4.79 Å². The van der Waals surface area contributed by atoms with Gasteiger partial charge in [0.2, 0.25) is 5.91 Å². The summed E-state index contributed by atoms with van der Waals surface area (Å²) in [6.07, 6.45) is 4.39. The van der Waals surface area contributed by atoms with E-state index in [2.05, 4.69) is 17.1 Å². The van der Waals surface area contributed by atoms with Gasteiger partial charge in [-0.05, 0) is 76.4 Å². The molecule has 24 heavy (non-hydrogen) atoms. The first-order valence-corrected chi connectivity index (χ1v) is 8.85. The predicted octanol–water partition coefficient (Wildman–Crippen LogP) is 4.33. The number of amides is 1. The number of aryl methyl sites for hydroxylation is 2. The van der Waals surface area contributed by atoms with E-state index in [-0.39, 0.29) is 24.4 Å². The van der Waals surface area contributed by atoms with Gasteiger partial charge in [0.15, 0.2) is 0 Å². The average Bonchev–Trinajstić information content (AvgIpc) is 2.52. The normalized spacial score (nSPS) is 17.9. The number of nitrogens with one attached hydrogen (secondary N) is 1. The standard InChI is InChI=1S/C19H30N2O2.ClH/c1-5-10-21-11-8-7-9-17(21)19(22)20-18-14(3)12-16(23-6-2)13-15(18)4;/h12-13,17H,5-11H2,1-4H3,(H,20,22);1H/t17-;/m0./s1. The Bertz CT molecular complexity index is 523. The molecule has 1 saturated heterocycles. The number of hydrogen-bond acceptors (Lipinski definition) is 3. The maximum Gasteiger partial charge on any atom is 0.241 e. The van der Waals surface area contributed by atoms with Gasteiger partial charge in [0.05, 0.1) is 12.6 Å². The molecule has 2 rings (SSSR count). The lowest BCUT2D eigenvalue weighted by atomic mass is 10.0. The van der Waals surface area contributed by atoms with Crippen LogP contribution in [0.5, 0.6) is 5.75 Å². The van der Waals surface area contributed by atoms with Crippen LogP contribution >= 0.6 is 12.4 Å². The minimum atomic E-state index is 0. The summed E-state index contributed by atoms with van der Waals surface area (Å²) in [5, 5.41) is 3.17. The first kappa shape index (κ1) is 20.8. The summed E-state index contributed by atoms with van der Waals surface area (Å²) >= 11 is 0. The van der Waals surface area contributed by atoms with Crippen molar-refractivity contribution in [2.45, 2.75) is 59.4 Å². The molecule has 1 aromatic rings. The van der Waals surface area contributed by atoms with Crippen LogP contribution in [-0.4, -0.2) is 36.5 Å². The van der Waals surface area contributed by atoms with Crippen molar-refractivity contribution < 1.29 is 9.53 Å². The van der Waals surface area contributed by atoms with Crippen molar-refractivity contribution in [3.8, 4) is 5.75 Å². The highest BCUT2D eigenvalue weighted by atomic mass is 35.5. The van der Waals surface area contributed by atoms with Gasteiger partial charge in [-0.3, -0.25) is 9.69 Å². The number of carbonyl (C=O) groups excluding carboxylic acids is 1. The topological polar surface area (TPSA) is 41.6 Å². The summed E-state index contributed by atoms with van der Waals surface area (Å²) < 4.78 is 5.57. The number of piperidine rings is 1. The molecule has 0 saturated carbocycles. The second kappa shape index (κ2) is 9.90. The van der Waals surface area contributed by atoms with Crippen LogP contribution in [0, 0.1) is 13.8 Å². The van der Waals surface area contributed by atoms with Crippen LogP contribution < -0.4 is 10.1 Å². The molecule has 1 aliphatic rings. The molecule has 0 bridgehead atoms. The van der Waals surface area contributed by atoms with Gasteiger partial charge < -0.3 is 10.1 Å². The van der Waals surface area contributed by atoms with Crippen LogP contribution in [0.3, 0.4) is 0 Å². The summed E-state index contributed by atoms with van der Waals surface area (Å²) in [7, 11) is 0. The molecule has 1 heterocycles. The van der Waals surface area contributed by atoms with Gasteiger partial charge in [0, 0.05) is 5.69 Å². The van der Waals surface area contributed by atoms with Crippen molar-refractivity contribution in [3.05, 3.63) is 23.3 Å². The molecule has 0 aromatic heterocycles. The van der Waals surface area contributed by atoms with Gasteiger partial charge in [-0.1, -0.05) is 13.3 Å². The number of rotatable bonds is 6. The maximum absolute atomic E-state index is 12.8. The molecule has 0 unspecified atom stereocenters. The monoisotopic (exact) mass is 354 g/mol. The Morgan fingerprint density at radius 3 is 2.50 bits per heavy atom. The zero-order chi connectivity index (χ0) is 16.8. The third-order valence-electron chi connectivity index (χ3n) is 4.49. The Kier molecular flexibility index (Phi) is 8.57. The minimum Gasteiger partial charge on any atom is -0.494 e. The Hall–Kier alpha value is -1.26. The first-order chi connectivity index (χ1) is 11.1. The van der Waals surface area contributed by atoms with Gasteiger partial charge in [0.1, 0.15) is 5.75 Å². The Balaban J connectivity index is 0.00000288. The molecule has 1 fully saturated rings. The van der Waals surface area contributed by atoms with E-state index in [1.165, 1.54) is 6.42 Å². The summed E-state index contributed by atoms with van der Waals surface area (Å²) in [6, 6.07) is 4.00. The van der Waals surface area contributed by atoms with E-state index in [4.69, 9.17) is 4.74 Å². The highest BCUT2D eigenvalue weighted by Gasteiger charge is 2.28. The Labute approximate surface area is 152 Å². The molecule has 1 aliphatic heterocycles. The lowest BCUT2D eigenvalue weighted by Gasteiger charge is -2.34. The summed E-state index contributed by atoms with van der Waals surface area (Å²) in [6.45, 7) is 10.9. The largest absolute Gasteiger partial charge is 0.494 e. The van der Waals surface area contributed by atoms with E-state index < -0.39 is 0 Å². The van der Waals surface area contributed by atoms with Crippen molar-refractivity contribution in [3.63, 3.8) is 0 Å². The number of anilines is 1. The Morgan fingerprint density at radius 1 is 1.25 bits per heavy atom. The number of halogens is 1. The molecule has 1 atom stereocenters. The highest BCUT2D eigenvalue weighted by molar-refractivity contribution is 5.96. The van der Waals surface area contributed by atoms with Gasteiger partial charge >= 0.3 is 0 Å². The molecule has 0 aliphatic carbocycles. The van der Waals surface area contributed by atoms with Crippen molar-refractivity contribution in [1.82, 2.24) is 4.90 Å². The van der Waals surface area contributed by atoms with Crippen LogP contribution in [0.2, 0.25) is 0 Å². The fraction of sp³-hybridized carbons (Fsp3) is 0.632. The number of nitrogens with zero attached hydrogens (tertiary/aromatic N) is 1. The van der Waals surface area contributed by atoms with Gasteiger partial charge in [-0.2, -0.15) is 0 Å². The summed E-state index contributed by atoms with van der Waals surface area (Å²) in [4.78, 5) is 15.1. The number of hydrogen-bond donors (Lipinski definition) is 1. The minimum absolute atomic E-state index is 0. The maximum atomic E-state index is 12.8. The number of carbonyl (C=O) groups is 1. The van der Waals surface area contributed by atoms with Gasteiger partial charge in [0.25, 0.3) is 0 Å². The van der Waals surface area contributed by atoms with E-state index in [1.807, 2.05) is 32.9 Å². The second-order valence-corrected chi connectivity index (χ2v) is 6.40. The van der Waals surface area contributed by atoms with Crippen LogP contribution in [0.15, 0.2) is 12.1 Å². The summed E-state index contributed by atoms with van der Waals surface area (Å²) in [5.74, 6) is 0.999. The SMILES string of the molecule is CCCN1CCCC[C@H]1C(=O)Nc1c(C)cc(OCC)cc1C.Cl. The Morgan fingerprint density at radius 2 is 1.92 bits per heavy atom. The molecule has 1 N–H and O–H groups in total. The number of ether oxygens (including phenoxy) is 1. The van der Waals surface area contributed by atoms with Crippen molar-refractivity contribution in [2.75, 3.05) is 25.0 Å². The average molecular weight is 355 g/mol. The zero-order valence-corrected chi connectivity index (χ0v) is 16.2. The highest BCUT2D eigenvalue weighted by Crippen LogP contribution is 2.27. The predicted molar refractivity (Wildman–Crippen MR) is 102 cm³/mol. The molecule has 1 aromatic carbocycles. The van der Waals surface area contributed by atoms with E-state index in [0.29, 0.717) is 6.61 Å². The smallest absolute Gasteiger partial charge is 0.241 e. The quantitative estimate of drug-likeness (QED) is 0.826. The van der Waals surface area contributed by atoms with E-state index in [1.54, 1.807) is 0 Å². The lowest BCUT2D eigenvalue weighted by molar-refractivity contribution is -0.122. The van der Waals surface area contributed by atoms with Crippen LogP contribution in [0.4, 0.5) is 5.69 Å². The van der Waals surface area contributed by atoms with E-state index in [0.717, 1.165) is 54.9 Å². The van der Waals surface area contributed by atoms with Crippen LogP contribution in [0.1, 0.15) is 50.7 Å². The fourth-order valence-corrected chi connectivity index (χ4v) is 3.42. The molecule has 136 valence electrons. The molecular weight excluding hydrogens is 324 g/mol. The third-order valence-corrected chi connectivity index (χ3v) is 4.49. The third kappa shape index (κ3) is 5.12. The van der Waals surface area contributed by atoms with E-state index >= 15 is 0 Å². The van der Waals surface area contributed by atoms with Crippen molar-refractivity contribution in [2.24, 2.45) is 0 Å². The molecule has 5 heteroatoms. The molecule has 0 spiro atoms. The van der Waals surface area contributed by atoms with Gasteiger partial charge in [-0.15, -0.1) is 12.4 Å². The summed E-state index contributed by atoms with van der Waals surface area (Å²) in [5.41, 5.74) is 3.04. The number of likely N-dealkylation sites (tertiary alicyclic amines) is 1. The van der Waals surface area contributed by atoms with Crippen LogP contribution in [0.25, 0.3) is 0 Å². The zero-order valence-electron chi connectivity index (χ0n) is 15.4. The van der Waals surface area contributed by atoms with E-state index in [9.17, 15) is 4.79 Å². The first-order valence-electron chi connectivity index (χ1n) is 8.85. The second-order valence-electron chi connectivity index (χ2n) is 6.40.